The average Bonchev–Trinajstić information content (AvgIpc) is 3.52. The molecule has 6 nitrogen and oxygen atoms in total. The lowest BCUT2D eigenvalue weighted by molar-refractivity contribution is -0.120. The van der Waals surface area contributed by atoms with Crippen LogP contribution in [-0.4, -0.2) is 14.3 Å². The van der Waals surface area contributed by atoms with E-state index in [1.165, 1.54) is 4.31 Å². The summed E-state index contributed by atoms with van der Waals surface area (Å²) in [6, 6.07) is 29.3. The summed E-state index contributed by atoms with van der Waals surface area (Å²) in [5.41, 5.74) is 3.22. The van der Waals surface area contributed by atoms with Crippen LogP contribution in [0.25, 0.3) is 11.0 Å². The second kappa shape index (κ2) is 7.82. The third kappa shape index (κ3) is 2.88. The summed E-state index contributed by atoms with van der Waals surface area (Å²) >= 11 is 0. The summed E-state index contributed by atoms with van der Waals surface area (Å²) in [5, 5.41) is 3.65. The van der Waals surface area contributed by atoms with Crippen molar-refractivity contribution >= 4 is 38.3 Å². The minimum Gasteiger partial charge on any atom is -0.458 e. The van der Waals surface area contributed by atoms with E-state index in [0.717, 1.165) is 16.7 Å². The van der Waals surface area contributed by atoms with Crippen LogP contribution in [0.2, 0.25) is 0 Å². The molecule has 0 bridgehead atoms. The Hall–Kier alpha value is -4.36. The molecule has 2 aliphatic rings. The van der Waals surface area contributed by atoms with Gasteiger partial charge in [-0.05, 0) is 49.7 Å². The van der Waals surface area contributed by atoms with Gasteiger partial charge >= 0.3 is 0 Å². The van der Waals surface area contributed by atoms with Crippen molar-refractivity contribution in [3.63, 3.8) is 0 Å². The first-order chi connectivity index (χ1) is 18.3. The van der Waals surface area contributed by atoms with Gasteiger partial charge in [-0.1, -0.05) is 77.9 Å². The summed E-state index contributed by atoms with van der Waals surface area (Å²) in [4.78, 5) is 14.4. The van der Waals surface area contributed by atoms with Gasteiger partial charge in [-0.25, -0.2) is 12.7 Å². The molecule has 1 N–H and O–H groups in total. The molecule has 0 aliphatic carbocycles. The maximum absolute atomic E-state index is 14.7. The molecular formula is C31H24N2O4S. The molecule has 0 saturated heterocycles. The van der Waals surface area contributed by atoms with Crippen LogP contribution in [0, 0.1) is 13.8 Å². The fourth-order valence-electron chi connectivity index (χ4n) is 6.01. The molecule has 5 aromatic rings. The third-order valence-electron chi connectivity index (χ3n) is 7.67. The highest BCUT2D eigenvalue weighted by Gasteiger charge is 2.67. The number of nitrogens with zero attached hydrogens (tertiary/aromatic N) is 1. The number of rotatable bonds is 3. The van der Waals surface area contributed by atoms with E-state index < -0.39 is 27.4 Å². The molecule has 1 amide bonds. The molecule has 7 heteroatoms. The molecule has 0 radical (unpaired) electrons. The number of benzene rings is 4. The van der Waals surface area contributed by atoms with E-state index in [-0.39, 0.29) is 4.90 Å². The van der Waals surface area contributed by atoms with Crippen LogP contribution in [0.1, 0.15) is 33.9 Å². The number of carbonyl (C=O) groups is 1. The van der Waals surface area contributed by atoms with E-state index >= 15 is 0 Å². The van der Waals surface area contributed by atoms with Gasteiger partial charge in [0.2, 0.25) is 0 Å². The number of sulfonamides is 1. The second-order valence-corrected chi connectivity index (χ2v) is 11.8. The third-order valence-corrected chi connectivity index (χ3v) is 9.49. The Morgan fingerprint density at radius 3 is 2.29 bits per heavy atom. The standard InChI is InChI=1S/C31H24N2O4S/c1-19-12-15-22(16-13-19)38(35,36)33-28-23-10-6-7-11-26(23)37-29(28)27(21-8-4-3-5-9-21)31(33)24-18-20(2)14-17-25(24)32-30(31)34/h3-18,27H,1-2H3,(H,32,34). The van der Waals surface area contributed by atoms with Crippen LogP contribution in [0.4, 0.5) is 11.4 Å². The van der Waals surface area contributed by atoms with E-state index in [2.05, 4.69) is 5.32 Å². The first-order valence-corrected chi connectivity index (χ1v) is 13.9. The van der Waals surface area contributed by atoms with Gasteiger partial charge < -0.3 is 9.73 Å². The van der Waals surface area contributed by atoms with Gasteiger partial charge in [0.05, 0.1) is 10.8 Å². The van der Waals surface area contributed by atoms with Crippen LogP contribution >= 0.6 is 0 Å². The molecule has 2 aliphatic heterocycles. The monoisotopic (exact) mass is 520 g/mol. The predicted octanol–water partition coefficient (Wildman–Crippen LogP) is 6.24. The van der Waals surface area contributed by atoms with Gasteiger partial charge in [-0.3, -0.25) is 4.79 Å². The van der Waals surface area contributed by atoms with Gasteiger partial charge in [0.1, 0.15) is 17.0 Å². The summed E-state index contributed by atoms with van der Waals surface area (Å²) in [7, 11) is -4.24. The van der Waals surface area contributed by atoms with Gasteiger partial charge in [0, 0.05) is 16.6 Å². The normalized spacial score (nSPS) is 20.1. The quantitative estimate of drug-likeness (QED) is 0.306. The summed E-state index contributed by atoms with van der Waals surface area (Å²) < 4.78 is 37.3. The molecule has 7 rings (SSSR count). The maximum atomic E-state index is 14.7. The molecule has 1 aromatic heterocycles. The van der Waals surface area contributed by atoms with Crippen LogP contribution in [-0.2, 0) is 20.4 Å². The first kappa shape index (κ1) is 22.8. The second-order valence-electron chi connectivity index (χ2n) is 10.0. The highest BCUT2D eigenvalue weighted by Crippen LogP contribution is 2.63. The van der Waals surface area contributed by atoms with Crippen molar-refractivity contribution in [3.05, 3.63) is 125 Å². The zero-order valence-corrected chi connectivity index (χ0v) is 21.6. The summed E-state index contributed by atoms with van der Waals surface area (Å²) in [5.74, 6) is -0.662. The van der Waals surface area contributed by atoms with E-state index in [1.54, 1.807) is 24.3 Å². The van der Waals surface area contributed by atoms with E-state index in [4.69, 9.17) is 4.42 Å². The van der Waals surface area contributed by atoms with Gasteiger partial charge in [0.25, 0.3) is 15.9 Å². The Labute approximate surface area is 220 Å². The molecule has 3 heterocycles. The fourth-order valence-corrected chi connectivity index (χ4v) is 7.80. The van der Waals surface area contributed by atoms with E-state index in [1.807, 2.05) is 86.6 Å². The Morgan fingerprint density at radius 1 is 0.842 bits per heavy atom. The van der Waals surface area contributed by atoms with Crippen LogP contribution < -0.4 is 9.62 Å². The van der Waals surface area contributed by atoms with Crippen molar-refractivity contribution < 1.29 is 17.6 Å². The molecule has 38 heavy (non-hydrogen) atoms. The number of furan rings is 1. The number of amides is 1. The maximum Gasteiger partial charge on any atom is 0.265 e. The molecule has 0 saturated carbocycles. The van der Waals surface area contributed by atoms with Crippen molar-refractivity contribution in [1.29, 1.82) is 0 Å². The van der Waals surface area contributed by atoms with Crippen LogP contribution in [0.5, 0.6) is 0 Å². The Bertz CT molecular complexity index is 1860. The highest BCUT2D eigenvalue weighted by molar-refractivity contribution is 7.93. The number of hydrogen-bond acceptors (Lipinski definition) is 4. The van der Waals surface area contributed by atoms with Crippen molar-refractivity contribution in [2.45, 2.75) is 30.2 Å². The van der Waals surface area contributed by atoms with Crippen LogP contribution in [0.15, 0.2) is 106 Å². The molecule has 1 spiro atoms. The largest absolute Gasteiger partial charge is 0.458 e. The number of para-hydroxylation sites is 1. The number of aryl methyl sites for hydroxylation is 2. The number of nitrogens with one attached hydrogen (secondary N) is 1. The van der Waals surface area contributed by atoms with Crippen molar-refractivity contribution in [2.75, 3.05) is 9.62 Å². The minimum absolute atomic E-state index is 0.112. The fraction of sp³-hybridized carbons (Fsp3) is 0.129. The molecular weight excluding hydrogens is 496 g/mol. The Balaban J connectivity index is 1.65. The molecule has 2 atom stereocenters. The van der Waals surface area contributed by atoms with Crippen LogP contribution in [0.3, 0.4) is 0 Å². The SMILES string of the molecule is Cc1ccc(S(=O)(=O)N2c3c(oc4ccccc34)C(c3ccccc3)C23C(=O)Nc2ccc(C)cc23)cc1. The Kier molecular flexibility index (Phi) is 4.69. The molecule has 2 unspecified atom stereocenters. The molecule has 0 fully saturated rings. The van der Waals surface area contributed by atoms with Gasteiger partial charge in [-0.2, -0.15) is 0 Å². The lowest BCUT2D eigenvalue weighted by Crippen LogP contribution is -2.54. The highest BCUT2D eigenvalue weighted by atomic mass is 32.2. The topological polar surface area (TPSA) is 79.6 Å². The summed E-state index contributed by atoms with van der Waals surface area (Å²) in [6.07, 6.45) is 0. The van der Waals surface area contributed by atoms with Gasteiger partial charge in [0.15, 0.2) is 5.54 Å². The lowest BCUT2D eigenvalue weighted by Gasteiger charge is -2.38. The molecule has 4 aromatic carbocycles. The lowest BCUT2D eigenvalue weighted by atomic mass is 9.76. The van der Waals surface area contributed by atoms with Crippen molar-refractivity contribution in [1.82, 2.24) is 0 Å². The van der Waals surface area contributed by atoms with Gasteiger partial charge in [-0.15, -0.1) is 0 Å². The zero-order chi connectivity index (χ0) is 26.2. The van der Waals surface area contributed by atoms with Crippen molar-refractivity contribution in [2.24, 2.45) is 0 Å². The minimum atomic E-state index is -4.24. The zero-order valence-electron chi connectivity index (χ0n) is 20.8. The predicted molar refractivity (Wildman–Crippen MR) is 147 cm³/mol. The summed E-state index contributed by atoms with van der Waals surface area (Å²) in [6.45, 7) is 3.85. The van der Waals surface area contributed by atoms with E-state index in [9.17, 15) is 13.2 Å². The first-order valence-electron chi connectivity index (χ1n) is 12.4. The van der Waals surface area contributed by atoms with E-state index in [0.29, 0.717) is 33.7 Å². The molecule has 188 valence electrons. The Morgan fingerprint density at radius 2 is 1.53 bits per heavy atom. The number of carbonyl (C=O) groups excluding carboxylic acids is 1. The average molecular weight is 521 g/mol. The smallest absolute Gasteiger partial charge is 0.265 e. The van der Waals surface area contributed by atoms with Crippen molar-refractivity contribution in [3.8, 4) is 0 Å². The number of anilines is 2. The number of fused-ring (bicyclic) bond motifs is 5. The number of hydrogen-bond donors (Lipinski definition) is 1.